The summed E-state index contributed by atoms with van der Waals surface area (Å²) in [5.74, 6) is 0. The van der Waals surface area contributed by atoms with Crippen LogP contribution in [0.5, 0.6) is 0 Å². The lowest BCUT2D eigenvalue weighted by atomic mass is 10.2. The smallest absolute Gasteiger partial charge is 0.0479 e. The third-order valence-corrected chi connectivity index (χ3v) is 2.74. The zero-order valence-electron chi connectivity index (χ0n) is 9.46. The van der Waals surface area contributed by atoms with E-state index in [0.29, 0.717) is 0 Å². The summed E-state index contributed by atoms with van der Waals surface area (Å²) in [5, 5.41) is 3.40. The second kappa shape index (κ2) is 4.49. The molecule has 1 aliphatic rings. The SMILES string of the molecule is C/C=C\c1cc2n(c1/C=C\C)CCNC2. The lowest BCUT2D eigenvalue weighted by Gasteiger charge is -2.18. The molecule has 1 aliphatic heterocycles. The maximum atomic E-state index is 3.40. The van der Waals surface area contributed by atoms with Crippen molar-refractivity contribution in [3.63, 3.8) is 0 Å². The fourth-order valence-electron chi connectivity index (χ4n) is 2.12. The predicted octanol–water partition coefficient (Wildman–Crippen LogP) is 2.66. The molecule has 0 aromatic carbocycles. The van der Waals surface area contributed by atoms with Gasteiger partial charge in [0.2, 0.25) is 0 Å². The van der Waals surface area contributed by atoms with E-state index in [1.54, 1.807) is 0 Å². The minimum atomic E-state index is 0.988. The van der Waals surface area contributed by atoms with Crippen LogP contribution in [0.1, 0.15) is 30.8 Å². The van der Waals surface area contributed by atoms with Crippen LogP contribution in [0.3, 0.4) is 0 Å². The van der Waals surface area contributed by atoms with Crippen molar-refractivity contribution in [2.45, 2.75) is 26.9 Å². The van der Waals surface area contributed by atoms with Crippen LogP contribution >= 0.6 is 0 Å². The van der Waals surface area contributed by atoms with Crippen LogP contribution in [-0.4, -0.2) is 11.1 Å². The number of nitrogens with one attached hydrogen (secondary N) is 1. The maximum Gasteiger partial charge on any atom is 0.0479 e. The molecule has 0 unspecified atom stereocenters. The van der Waals surface area contributed by atoms with Crippen molar-refractivity contribution >= 4 is 12.2 Å². The number of rotatable bonds is 2. The van der Waals surface area contributed by atoms with Gasteiger partial charge in [-0.15, -0.1) is 0 Å². The quantitative estimate of drug-likeness (QED) is 0.780. The Morgan fingerprint density at radius 1 is 1.27 bits per heavy atom. The van der Waals surface area contributed by atoms with Crippen LogP contribution in [0.25, 0.3) is 12.2 Å². The fourth-order valence-corrected chi connectivity index (χ4v) is 2.12. The molecule has 0 spiro atoms. The standard InChI is InChI=1S/C13H18N2/c1-3-5-11-9-12-10-14-7-8-15(12)13(11)6-4-2/h3-6,9,14H,7-8,10H2,1-2H3/b5-3-,6-4-. The summed E-state index contributed by atoms with van der Waals surface area (Å²) < 4.78 is 2.41. The van der Waals surface area contributed by atoms with Gasteiger partial charge in [-0.3, -0.25) is 0 Å². The van der Waals surface area contributed by atoms with Crippen molar-refractivity contribution in [3.8, 4) is 0 Å². The largest absolute Gasteiger partial charge is 0.342 e. The first-order valence-electron chi connectivity index (χ1n) is 5.55. The average molecular weight is 202 g/mol. The van der Waals surface area contributed by atoms with E-state index in [4.69, 9.17) is 0 Å². The molecular formula is C13H18N2. The van der Waals surface area contributed by atoms with E-state index in [-0.39, 0.29) is 0 Å². The highest BCUT2D eigenvalue weighted by atomic mass is 15.1. The van der Waals surface area contributed by atoms with Crippen molar-refractivity contribution in [2.75, 3.05) is 6.54 Å². The summed E-state index contributed by atoms with van der Waals surface area (Å²) in [6.45, 7) is 7.27. The van der Waals surface area contributed by atoms with E-state index in [1.165, 1.54) is 17.0 Å². The summed E-state index contributed by atoms with van der Waals surface area (Å²) in [7, 11) is 0. The molecule has 0 fully saturated rings. The fraction of sp³-hybridized carbons (Fsp3) is 0.385. The Labute approximate surface area is 91.3 Å². The zero-order valence-corrected chi connectivity index (χ0v) is 9.46. The monoisotopic (exact) mass is 202 g/mol. The summed E-state index contributed by atoms with van der Waals surface area (Å²) in [6.07, 6.45) is 8.59. The summed E-state index contributed by atoms with van der Waals surface area (Å²) in [5.41, 5.74) is 4.06. The van der Waals surface area contributed by atoms with Crippen molar-refractivity contribution in [1.29, 1.82) is 0 Å². The van der Waals surface area contributed by atoms with Crippen molar-refractivity contribution < 1.29 is 0 Å². The Hall–Kier alpha value is -1.28. The van der Waals surface area contributed by atoms with Gasteiger partial charge in [-0.2, -0.15) is 0 Å². The molecule has 0 aliphatic carbocycles. The molecule has 0 radical (unpaired) electrons. The first-order valence-corrected chi connectivity index (χ1v) is 5.55. The second-order valence-corrected chi connectivity index (χ2v) is 3.80. The van der Waals surface area contributed by atoms with Gasteiger partial charge in [0, 0.05) is 31.0 Å². The molecule has 1 aromatic heterocycles. The van der Waals surface area contributed by atoms with Gasteiger partial charge in [0.05, 0.1) is 0 Å². The summed E-state index contributed by atoms with van der Waals surface area (Å²) >= 11 is 0. The lowest BCUT2D eigenvalue weighted by Crippen LogP contribution is -2.28. The van der Waals surface area contributed by atoms with Gasteiger partial charge in [-0.25, -0.2) is 0 Å². The van der Waals surface area contributed by atoms with E-state index < -0.39 is 0 Å². The molecular weight excluding hydrogens is 184 g/mol. The van der Waals surface area contributed by atoms with E-state index in [9.17, 15) is 0 Å². The molecule has 1 aromatic rings. The normalized spacial score (nSPS) is 16.4. The third kappa shape index (κ3) is 1.90. The Balaban J connectivity index is 2.50. The molecule has 2 nitrogen and oxygen atoms in total. The van der Waals surface area contributed by atoms with E-state index in [0.717, 1.165) is 19.6 Å². The Bertz CT molecular complexity index is 397. The lowest BCUT2D eigenvalue weighted by molar-refractivity contribution is 0.514. The van der Waals surface area contributed by atoms with Gasteiger partial charge in [0.15, 0.2) is 0 Å². The van der Waals surface area contributed by atoms with Crippen LogP contribution < -0.4 is 5.32 Å². The molecule has 15 heavy (non-hydrogen) atoms. The van der Waals surface area contributed by atoms with E-state index in [2.05, 4.69) is 54.1 Å². The Kier molecular flexibility index (Phi) is 3.07. The van der Waals surface area contributed by atoms with Gasteiger partial charge in [-0.05, 0) is 31.6 Å². The molecule has 80 valence electrons. The highest BCUT2D eigenvalue weighted by Crippen LogP contribution is 2.21. The van der Waals surface area contributed by atoms with Crippen LogP contribution in [0.2, 0.25) is 0 Å². The molecule has 0 bridgehead atoms. The minimum absolute atomic E-state index is 0.988. The third-order valence-electron chi connectivity index (χ3n) is 2.74. The molecule has 0 atom stereocenters. The van der Waals surface area contributed by atoms with Crippen molar-refractivity contribution in [3.05, 3.63) is 35.2 Å². The molecule has 2 heteroatoms. The van der Waals surface area contributed by atoms with Gasteiger partial charge in [0.1, 0.15) is 0 Å². The average Bonchev–Trinajstić information content (AvgIpc) is 2.59. The molecule has 0 amide bonds. The maximum absolute atomic E-state index is 3.40. The number of hydrogen-bond acceptors (Lipinski definition) is 1. The van der Waals surface area contributed by atoms with Gasteiger partial charge in [0.25, 0.3) is 0 Å². The summed E-state index contributed by atoms with van der Waals surface area (Å²) in [6, 6.07) is 2.28. The van der Waals surface area contributed by atoms with E-state index >= 15 is 0 Å². The first-order chi connectivity index (χ1) is 7.36. The first kappa shape index (κ1) is 10.2. The number of aromatic nitrogens is 1. The van der Waals surface area contributed by atoms with Gasteiger partial charge < -0.3 is 9.88 Å². The van der Waals surface area contributed by atoms with Crippen molar-refractivity contribution in [2.24, 2.45) is 0 Å². The molecule has 0 saturated heterocycles. The summed E-state index contributed by atoms with van der Waals surface area (Å²) in [4.78, 5) is 0. The molecule has 0 saturated carbocycles. The van der Waals surface area contributed by atoms with Crippen LogP contribution in [0.15, 0.2) is 18.2 Å². The Morgan fingerprint density at radius 3 is 2.80 bits per heavy atom. The predicted molar refractivity (Wildman–Crippen MR) is 65.6 cm³/mol. The Morgan fingerprint density at radius 2 is 2.07 bits per heavy atom. The minimum Gasteiger partial charge on any atom is -0.342 e. The second-order valence-electron chi connectivity index (χ2n) is 3.80. The van der Waals surface area contributed by atoms with Crippen molar-refractivity contribution in [1.82, 2.24) is 9.88 Å². The number of allylic oxidation sites excluding steroid dienone is 2. The highest BCUT2D eigenvalue weighted by molar-refractivity contribution is 5.64. The molecule has 1 N–H and O–H groups in total. The highest BCUT2D eigenvalue weighted by Gasteiger charge is 2.13. The van der Waals surface area contributed by atoms with Crippen LogP contribution in [0, 0.1) is 0 Å². The zero-order chi connectivity index (χ0) is 10.7. The van der Waals surface area contributed by atoms with Gasteiger partial charge >= 0.3 is 0 Å². The number of nitrogens with zero attached hydrogens (tertiary/aromatic N) is 1. The number of hydrogen-bond donors (Lipinski definition) is 1. The topological polar surface area (TPSA) is 17.0 Å². The number of fused-ring (bicyclic) bond motifs is 1. The molecule has 2 heterocycles. The van der Waals surface area contributed by atoms with Gasteiger partial charge in [-0.1, -0.05) is 18.2 Å². The van der Waals surface area contributed by atoms with E-state index in [1.807, 2.05) is 0 Å². The van der Waals surface area contributed by atoms with Crippen LogP contribution in [0.4, 0.5) is 0 Å². The van der Waals surface area contributed by atoms with Crippen LogP contribution in [-0.2, 0) is 13.1 Å². The molecule has 2 rings (SSSR count).